The Bertz CT molecular complexity index is 341. The van der Waals surface area contributed by atoms with Gasteiger partial charge in [0, 0.05) is 12.2 Å². The number of aliphatic carboxylic acids is 1. The molecule has 0 radical (unpaired) electrons. The van der Waals surface area contributed by atoms with Crippen LogP contribution in [0.25, 0.3) is 0 Å². The Morgan fingerprint density at radius 3 is 3.07 bits per heavy atom. The molecule has 1 atom stereocenters. The van der Waals surface area contributed by atoms with Crippen LogP contribution in [0.4, 0.5) is 5.82 Å². The highest BCUT2D eigenvalue weighted by atomic mass is 16.5. The van der Waals surface area contributed by atoms with Crippen molar-refractivity contribution in [1.82, 2.24) is 4.98 Å². The van der Waals surface area contributed by atoms with Crippen molar-refractivity contribution >= 4 is 11.8 Å². The minimum Gasteiger partial charge on any atom is -0.493 e. The number of hydrogen-bond acceptors (Lipinski definition) is 4. The topological polar surface area (TPSA) is 71.5 Å². The van der Waals surface area contributed by atoms with Crippen molar-refractivity contribution < 1.29 is 14.6 Å². The molecule has 0 aliphatic heterocycles. The Morgan fingerprint density at radius 1 is 1.73 bits per heavy atom. The molecule has 0 spiro atoms. The van der Waals surface area contributed by atoms with Crippen LogP contribution in [-0.4, -0.2) is 29.2 Å². The fraction of sp³-hybridized carbons (Fsp3) is 0.400. The van der Waals surface area contributed by atoms with Crippen molar-refractivity contribution in [3.63, 3.8) is 0 Å². The van der Waals surface area contributed by atoms with Gasteiger partial charge in [-0.25, -0.2) is 4.98 Å². The number of methoxy groups -OCH3 is 1. The van der Waals surface area contributed by atoms with Crippen LogP contribution in [-0.2, 0) is 4.79 Å². The SMILES string of the molecule is COc1cccnc1NC(C)CC(=O)O. The lowest BCUT2D eigenvalue weighted by molar-refractivity contribution is -0.137. The van der Waals surface area contributed by atoms with Gasteiger partial charge in [-0.15, -0.1) is 0 Å². The lowest BCUT2D eigenvalue weighted by Crippen LogP contribution is -2.20. The van der Waals surface area contributed by atoms with Crippen LogP contribution in [0.3, 0.4) is 0 Å². The first kappa shape index (κ1) is 11.3. The van der Waals surface area contributed by atoms with Crippen LogP contribution in [0.5, 0.6) is 5.75 Å². The molecule has 0 fully saturated rings. The minimum absolute atomic E-state index is 0.0414. The van der Waals surface area contributed by atoms with Gasteiger partial charge in [-0.05, 0) is 19.1 Å². The average Bonchev–Trinajstić information content (AvgIpc) is 2.17. The van der Waals surface area contributed by atoms with Crippen LogP contribution in [0.2, 0.25) is 0 Å². The highest BCUT2D eigenvalue weighted by Gasteiger charge is 2.10. The number of carbonyl (C=O) groups is 1. The number of nitrogens with one attached hydrogen (secondary N) is 1. The predicted molar refractivity (Wildman–Crippen MR) is 56.1 cm³/mol. The minimum atomic E-state index is -0.843. The molecule has 82 valence electrons. The Hall–Kier alpha value is -1.78. The van der Waals surface area contributed by atoms with Gasteiger partial charge in [-0.2, -0.15) is 0 Å². The first-order valence-electron chi connectivity index (χ1n) is 4.61. The number of aromatic nitrogens is 1. The van der Waals surface area contributed by atoms with Gasteiger partial charge >= 0.3 is 5.97 Å². The van der Waals surface area contributed by atoms with E-state index in [1.54, 1.807) is 32.4 Å². The van der Waals surface area contributed by atoms with Crippen molar-refractivity contribution in [3.8, 4) is 5.75 Å². The van der Waals surface area contributed by atoms with Crippen LogP contribution < -0.4 is 10.1 Å². The highest BCUT2D eigenvalue weighted by Crippen LogP contribution is 2.21. The second-order valence-corrected chi connectivity index (χ2v) is 3.20. The van der Waals surface area contributed by atoms with Crippen LogP contribution in [0.1, 0.15) is 13.3 Å². The molecule has 5 heteroatoms. The zero-order valence-corrected chi connectivity index (χ0v) is 8.73. The fourth-order valence-electron chi connectivity index (χ4n) is 1.21. The molecule has 0 saturated carbocycles. The lowest BCUT2D eigenvalue weighted by atomic mass is 10.2. The summed E-state index contributed by atoms with van der Waals surface area (Å²) in [5.41, 5.74) is 0. The van der Waals surface area contributed by atoms with Crippen LogP contribution >= 0.6 is 0 Å². The third-order valence-corrected chi connectivity index (χ3v) is 1.85. The van der Waals surface area contributed by atoms with Gasteiger partial charge in [0.1, 0.15) is 0 Å². The van der Waals surface area contributed by atoms with Gasteiger partial charge in [0.05, 0.1) is 13.5 Å². The molecule has 0 bridgehead atoms. The van der Waals surface area contributed by atoms with Crippen molar-refractivity contribution in [2.75, 3.05) is 12.4 Å². The summed E-state index contributed by atoms with van der Waals surface area (Å²) in [6.45, 7) is 1.78. The fourth-order valence-corrected chi connectivity index (χ4v) is 1.21. The molecular weight excluding hydrogens is 196 g/mol. The summed E-state index contributed by atoms with van der Waals surface area (Å²) in [6.07, 6.45) is 1.66. The Labute approximate surface area is 88.1 Å². The molecule has 0 aliphatic rings. The molecular formula is C10H14N2O3. The van der Waals surface area contributed by atoms with Crippen molar-refractivity contribution in [2.45, 2.75) is 19.4 Å². The first-order valence-corrected chi connectivity index (χ1v) is 4.61. The van der Waals surface area contributed by atoms with Gasteiger partial charge < -0.3 is 15.2 Å². The molecule has 1 aromatic heterocycles. The molecule has 0 aliphatic carbocycles. The Morgan fingerprint density at radius 2 is 2.47 bits per heavy atom. The van der Waals surface area contributed by atoms with Gasteiger partial charge in [-0.1, -0.05) is 0 Å². The maximum absolute atomic E-state index is 10.5. The molecule has 0 saturated heterocycles. The van der Waals surface area contributed by atoms with E-state index in [9.17, 15) is 4.79 Å². The maximum Gasteiger partial charge on any atom is 0.305 e. The molecule has 0 amide bonds. The van der Waals surface area contributed by atoms with E-state index in [-0.39, 0.29) is 12.5 Å². The molecule has 2 N–H and O–H groups in total. The summed E-state index contributed by atoms with van der Waals surface area (Å²) in [5.74, 6) is 0.327. The quantitative estimate of drug-likeness (QED) is 0.767. The molecule has 15 heavy (non-hydrogen) atoms. The molecule has 1 rings (SSSR count). The average molecular weight is 210 g/mol. The zero-order chi connectivity index (χ0) is 11.3. The van der Waals surface area contributed by atoms with E-state index < -0.39 is 5.97 Å². The van der Waals surface area contributed by atoms with E-state index in [1.807, 2.05) is 0 Å². The zero-order valence-electron chi connectivity index (χ0n) is 8.73. The van der Waals surface area contributed by atoms with E-state index >= 15 is 0 Å². The van der Waals surface area contributed by atoms with Gasteiger partial charge in [0.25, 0.3) is 0 Å². The summed E-state index contributed by atoms with van der Waals surface area (Å²) >= 11 is 0. The third-order valence-electron chi connectivity index (χ3n) is 1.85. The largest absolute Gasteiger partial charge is 0.493 e. The normalized spacial score (nSPS) is 11.9. The molecule has 1 heterocycles. The molecule has 5 nitrogen and oxygen atoms in total. The number of anilines is 1. The number of nitrogens with zero attached hydrogens (tertiary/aromatic N) is 1. The Balaban J connectivity index is 2.67. The van der Waals surface area contributed by atoms with Gasteiger partial charge in [0.15, 0.2) is 11.6 Å². The molecule has 0 aromatic carbocycles. The summed E-state index contributed by atoms with van der Waals surface area (Å²) in [4.78, 5) is 14.5. The maximum atomic E-state index is 10.5. The summed E-state index contributed by atoms with van der Waals surface area (Å²) < 4.78 is 5.08. The molecule has 1 unspecified atom stereocenters. The monoisotopic (exact) mass is 210 g/mol. The standard InChI is InChI=1S/C10H14N2O3/c1-7(6-9(13)14)12-10-8(15-2)4-3-5-11-10/h3-5,7H,6H2,1-2H3,(H,11,12)(H,13,14). The third kappa shape index (κ3) is 3.46. The number of carboxylic acid groups (broad SMARTS) is 1. The van der Waals surface area contributed by atoms with Gasteiger partial charge in [0.2, 0.25) is 0 Å². The van der Waals surface area contributed by atoms with Crippen molar-refractivity contribution in [2.24, 2.45) is 0 Å². The number of ether oxygens (including phenoxy) is 1. The van der Waals surface area contributed by atoms with Gasteiger partial charge in [-0.3, -0.25) is 4.79 Å². The smallest absolute Gasteiger partial charge is 0.305 e. The predicted octanol–water partition coefficient (Wildman–Crippen LogP) is 1.37. The summed E-state index contributed by atoms with van der Waals surface area (Å²) in [6, 6.07) is 3.33. The van der Waals surface area contributed by atoms with E-state index in [0.717, 1.165) is 0 Å². The Kier molecular flexibility index (Phi) is 3.91. The van der Waals surface area contributed by atoms with Crippen LogP contribution in [0.15, 0.2) is 18.3 Å². The number of hydrogen-bond donors (Lipinski definition) is 2. The second kappa shape index (κ2) is 5.19. The van der Waals surface area contributed by atoms with E-state index in [4.69, 9.17) is 9.84 Å². The molecule has 1 aromatic rings. The number of pyridine rings is 1. The summed E-state index contributed by atoms with van der Waals surface area (Å²) in [7, 11) is 1.55. The second-order valence-electron chi connectivity index (χ2n) is 3.20. The number of carboxylic acids is 1. The van der Waals surface area contributed by atoms with Crippen molar-refractivity contribution in [1.29, 1.82) is 0 Å². The highest BCUT2D eigenvalue weighted by molar-refractivity contribution is 5.68. The summed E-state index contributed by atoms with van der Waals surface area (Å²) in [5, 5.41) is 11.6. The first-order chi connectivity index (χ1) is 7.13. The number of rotatable bonds is 5. The van der Waals surface area contributed by atoms with E-state index in [1.165, 1.54) is 0 Å². The van der Waals surface area contributed by atoms with E-state index in [2.05, 4.69) is 10.3 Å². The lowest BCUT2D eigenvalue weighted by Gasteiger charge is -2.14. The van der Waals surface area contributed by atoms with Crippen LogP contribution in [0, 0.1) is 0 Å². The van der Waals surface area contributed by atoms with E-state index in [0.29, 0.717) is 11.6 Å². The van der Waals surface area contributed by atoms with Crippen molar-refractivity contribution in [3.05, 3.63) is 18.3 Å².